The van der Waals surface area contributed by atoms with Gasteiger partial charge in [-0.25, -0.2) is 18.7 Å². The fraction of sp³-hybridized carbons (Fsp3) is 0.259. The number of oxazole rings is 1. The number of aromatic nitrogens is 3. The second-order valence-electron chi connectivity index (χ2n) is 8.05. The summed E-state index contributed by atoms with van der Waals surface area (Å²) in [5, 5.41) is 9.09. The second kappa shape index (κ2) is 12.1. The predicted octanol–water partition coefficient (Wildman–Crippen LogP) is 5.46. The molecule has 4 rings (SSSR count). The number of aryl methyl sites for hydroxylation is 2. The summed E-state index contributed by atoms with van der Waals surface area (Å²) in [4.78, 5) is 8.53. The van der Waals surface area contributed by atoms with Gasteiger partial charge < -0.3 is 18.8 Å². The maximum absolute atomic E-state index is 13.7. The number of nitrogens with zero attached hydrogens (tertiary/aromatic N) is 3. The van der Waals surface area contributed by atoms with Gasteiger partial charge in [-0.2, -0.15) is 0 Å². The van der Waals surface area contributed by atoms with Gasteiger partial charge in [0.05, 0.1) is 6.61 Å². The Kier molecular flexibility index (Phi) is 8.40. The van der Waals surface area contributed by atoms with Crippen LogP contribution in [0.4, 0.5) is 8.78 Å². The Morgan fingerprint density at radius 1 is 1.00 bits per heavy atom. The largest absolute Gasteiger partial charge is 0.487 e. The molecule has 2 aromatic carbocycles. The summed E-state index contributed by atoms with van der Waals surface area (Å²) in [6.45, 7) is 1.21. The van der Waals surface area contributed by atoms with Gasteiger partial charge >= 0.3 is 0 Å². The van der Waals surface area contributed by atoms with Crippen molar-refractivity contribution < 1.29 is 23.0 Å². The number of rotatable bonds is 12. The predicted molar refractivity (Wildman–Crippen MR) is 129 cm³/mol. The quantitative estimate of drug-likeness (QED) is 0.273. The van der Waals surface area contributed by atoms with Crippen LogP contribution in [-0.2, 0) is 26.0 Å². The highest BCUT2D eigenvalue weighted by Gasteiger charge is 2.07. The molecule has 0 radical (unpaired) electrons. The average Bonchev–Trinajstić information content (AvgIpc) is 3.50. The summed E-state index contributed by atoms with van der Waals surface area (Å²) in [5.41, 5.74) is 1.66. The van der Waals surface area contributed by atoms with Crippen LogP contribution < -0.4 is 4.74 Å². The molecule has 35 heavy (non-hydrogen) atoms. The second-order valence-corrected chi connectivity index (χ2v) is 8.05. The van der Waals surface area contributed by atoms with Gasteiger partial charge in [0.25, 0.3) is 0 Å². The van der Waals surface area contributed by atoms with Crippen molar-refractivity contribution in [2.45, 2.75) is 38.8 Å². The van der Waals surface area contributed by atoms with Crippen LogP contribution >= 0.6 is 0 Å². The molecule has 6 nitrogen and oxygen atoms in total. The average molecular weight is 480 g/mol. The van der Waals surface area contributed by atoms with Crippen molar-refractivity contribution in [2.75, 3.05) is 6.61 Å². The van der Waals surface area contributed by atoms with E-state index in [2.05, 4.69) is 14.5 Å². The number of unbranched alkanes of at least 4 members (excludes halogenated alkanes) is 1. The topological polar surface area (TPSA) is 73.3 Å². The third-order valence-corrected chi connectivity index (χ3v) is 5.52. The summed E-state index contributed by atoms with van der Waals surface area (Å²) in [6.07, 6.45) is 11.5. The summed E-state index contributed by atoms with van der Waals surface area (Å²) in [7, 11) is 0. The maximum atomic E-state index is 13.7. The number of hydrogen-bond acceptors (Lipinski definition) is 5. The van der Waals surface area contributed by atoms with Gasteiger partial charge in [-0.15, -0.1) is 0 Å². The normalized spacial score (nSPS) is 11.4. The molecule has 8 heteroatoms. The van der Waals surface area contributed by atoms with E-state index in [1.54, 1.807) is 6.20 Å². The molecule has 0 aliphatic rings. The van der Waals surface area contributed by atoms with Crippen LogP contribution in [0.1, 0.15) is 41.4 Å². The van der Waals surface area contributed by atoms with E-state index in [9.17, 15) is 8.78 Å². The lowest BCUT2D eigenvalue weighted by atomic mass is 10.1. The van der Waals surface area contributed by atoms with Gasteiger partial charge in [0, 0.05) is 37.0 Å². The molecule has 1 N–H and O–H groups in total. The fourth-order valence-electron chi connectivity index (χ4n) is 3.68. The van der Waals surface area contributed by atoms with E-state index < -0.39 is 11.6 Å². The van der Waals surface area contributed by atoms with Crippen LogP contribution in [0.5, 0.6) is 5.75 Å². The van der Waals surface area contributed by atoms with E-state index in [-0.39, 0.29) is 24.7 Å². The Hall–Kier alpha value is -3.78. The highest BCUT2D eigenvalue weighted by molar-refractivity contribution is 5.66. The zero-order valence-corrected chi connectivity index (χ0v) is 19.2. The van der Waals surface area contributed by atoms with Crippen LogP contribution in [0.15, 0.2) is 65.5 Å². The van der Waals surface area contributed by atoms with E-state index in [4.69, 9.17) is 14.3 Å². The summed E-state index contributed by atoms with van der Waals surface area (Å²) in [5.74, 6) is 0.578. The van der Waals surface area contributed by atoms with Crippen molar-refractivity contribution in [3.8, 4) is 5.75 Å². The van der Waals surface area contributed by atoms with E-state index in [0.29, 0.717) is 17.9 Å². The summed E-state index contributed by atoms with van der Waals surface area (Å²) < 4.78 is 40.6. The summed E-state index contributed by atoms with van der Waals surface area (Å²) in [6, 6.07) is 11.6. The van der Waals surface area contributed by atoms with Gasteiger partial charge in [-0.1, -0.05) is 18.2 Å². The van der Waals surface area contributed by atoms with Gasteiger partial charge in [0.15, 0.2) is 0 Å². The molecule has 0 aliphatic heterocycles. The highest BCUT2D eigenvalue weighted by Crippen LogP contribution is 2.18. The number of imidazole rings is 1. The molecule has 0 bridgehead atoms. The minimum Gasteiger partial charge on any atom is -0.487 e. The summed E-state index contributed by atoms with van der Waals surface area (Å²) >= 11 is 0. The molecule has 0 saturated carbocycles. The fourth-order valence-corrected chi connectivity index (χ4v) is 3.68. The van der Waals surface area contributed by atoms with Crippen molar-refractivity contribution >= 4 is 12.2 Å². The third-order valence-electron chi connectivity index (χ3n) is 5.52. The Morgan fingerprint density at radius 3 is 2.57 bits per heavy atom. The standard InChI is InChI=1S/C27H27F2N3O3/c28-24-5-3-6-25(29)23(24)11-12-27-31-21(19-35-27)18-34-22-9-7-20(8-10-22)4-1-2-15-32-16-14-30-26(32)13-17-33/h3,5-12,14,16,19,33H,1-2,4,13,15,17-18H2/b12-11+. The molecule has 2 aromatic heterocycles. The zero-order chi connectivity index (χ0) is 24.5. The molecule has 0 aliphatic carbocycles. The zero-order valence-electron chi connectivity index (χ0n) is 19.2. The monoisotopic (exact) mass is 479 g/mol. The molecule has 0 spiro atoms. The van der Waals surface area contributed by atoms with Crippen LogP contribution in [0.2, 0.25) is 0 Å². The Bertz CT molecular complexity index is 1230. The molecule has 0 saturated heterocycles. The first-order valence-electron chi connectivity index (χ1n) is 11.5. The number of benzene rings is 2. The Morgan fingerprint density at radius 2 is 1.80 bits per heavy atom. The van der Waals surface area contributed by atoms with Gasteiger partial charge in [-0.05, 0) is 55.2 Å². The van der Waals surface area contributed by atoms with Crippen molar-refractivity contribution in [2.24, 2.45) is 0 Å². The van der Waals surface area contributed by atoms with Gasteiger partial charge in [0.2, 0.25) is 5.89 Å². The number of hydrogen-bond donors (Lipinski definition) is 1. The molecule has 0 amide bonds. The number of halogens is 2. The lowest BCUT2D eigenvalue weighted by Gasteiger charge is -2.08. The number of aliphatic hydroxyl groups excluding tert-OH is 1. The van der Waals surface area contributed by atoms with Gasteiger partial charge in [-0.3, -0.25) is 0 Å². The smallest absolute Gasteiger partial charge is 0.218 e. The van der Waals surface area contributed by atoms with E-state index >= 15 is 0 Å². The number of aliphatic hydroxyl groups is 1. The minimum absolute atomic E-state index is 0.108. The maximum Gasteiger partial charge on any atom is 0.218 e. The van der Waals surface area contributed by atoms with Crippen molar-refractivity contribution in [1.82, 2.24) is 14.5 Å². The van der Waals surface area contributed by atoms with Crippen LogP contribution in [0.3, 0.4) is 0 Å². The molecule has 4 aromatic rings. The molecule has 0 atom stereocenters. The van der Waals surface area contributed by atoms with Crippen molar-refractivity contribution in [1.29, 1.82) is 0 Å². The lowest BCUT2D eigenvalue weighted by Crippen LogP contribution is -2.05. The van der Waals surface area contributed by atoms with E-state index in [1.807, 2.05) is 30.5 Å². The van der Waals surface area contributed by atoms with Crippen LogP contribution in [0, 0.1) is 11.6 Å². The van der Waals surface area contributed by atoms with E-state index in [1.165, 1.54) is 42.2 Å². The molecular formula is C27H27F2N3O3. The first-order valence-corrected chi connectivity index (χ1v) is 11.5. The van der Waals surface area contributed by atoms with Crippen molar-refractivity contribution in [3.63, 3.8) is 0 Å². The van der Waals surface area contributed by atoms with Gasteiger partial charge in [0.1, 0.15) is 41.8 Å². The molecule has 0 fully saturated rings. The molecule has 2 heterocycles. The molecule has 0 unspecified atom stereocenters. The van der Waals surface area contributed by atoms with Crippen LogP contribution in [-0.4, -0.2) is 26.2 Å². The Labute approximate surface area is 202 Å². The number of ether oxygens (including phenoxy) is 1. The first-order chi connectivity index (χ1) is 17.1. The third kappa shape index (κ3) is 6.86. The highest BCUT2D eigenvalue weighted by atomic mass is 19.1. The Balaban J connectivity index is 1.21. The first kappa shape index (κ1) is 24.3. The van der Waals surface area contributed by atoms with Crippen molar-refractivity contribution in [3.05, 3.63) is 101 Å². The minimum atomic E-state index is -0.648. The van der Waals surface area contributed by atoms with E-state index in [0.717, 1.165) is 31.6 Å². The molecular weight excluding hydrogens is 452 g/mol. The SMILES string of the molecule is OCCc1nccn1CCCCc1ccc(OCc2coc(/C=C/c3c(F)cccc3F)n2)cc1. The van der Waals surface area contributed by atoms with Crippen LogP contribution in [0.25, 0.3) is 12.2 Å². The lowest BCUT2D eigenvalue weighted by molar-refractivity contribution is 0.294. The molecule has 182 valence electrons.